The van der Waals surface area contributed by atoms with Crippen molar-refractivity contribution in [3.8, 4) is 5.75 Å². The van der Waals surface area contributed by atoms with Crippen LogP contribution in [0.15, 0.2) is 76.4 Å². The Morgan fingerprint density at radius 2 is 1.94 bits per heavy atom. The molecule has 1 amide bonds. The number of carbonyl (C=O) groups excluding carboxylic acids is 2. The van der Waals surface area contributed by atoms with Gasteiger partial charge in [-0.2, -0.15) is 0 Å². The molecule has 0 saturated carbocycles. The zero-order valence-electron chi connectivity index (χ0n) is 18.1. The molecule has 0 fully saturated rings. The van der Waals surface area contributed by atoms with Crippen LogP contribution in [-0.2, 0) is 14.3 Å². The molecule has 2 aromatic carbocycles. The second-order valence-corrected chi connectivity index (χ2v) is 8.52. The molecule has 7 nitrogen and oxygen atoms in total. The highest BCUT2D eigenvalue weighted by molar-refractivity contribution is 8.16. The highest BCUT2D eigenvalue weighted by atomic mass is 35.5. The minimum atomic E-state index is -0.488. The van der Waals surface area contributed by atoms with Crippen LogP contribution in [0.1, 0.15) is 25.5 Å². The number of esters is 1. The Hall–Kier alpha value is -3.23. The van der Waals surface area contributed by atoms with Gasteiger partial charge in [0.15, 0.2) is 11.8 Å². The van der Waals surface area contributed by atoms with Gasteiger partial charge in [-0.3, -0.25) is 4.79 Å². The fraction of sp³-hybridized carbons (Fsp3) is 0.208. The first-order valence-electron chi connectivity index (χ1n) is 10.3. The van der Waals surface area contributed by atoms with Crippen LogP contribution >= 0.6 is 23.4 Å². The van der Waals surface area contributed by atoms with Crippen molar-refractivity contribution in [3.63, 3.8) is 0 Å². The number of anilines is 1. The largest absolute Gasteiger partial charge is 0.483 e. The molecule has 2 aromatic rings. The topological polar surface area (TPSA) is 80.2 Å². The molecule has 9 heteroatoms. The SMILES string of the molecule is CCOC(=O)C1=C(C)N=C2SC=CN2[C@@H]1c1ccccc1OCC(=O)Nc1ccc(Cl)cc1. The van der Waals surface area contributed by atoms with E-state index in [1.165, 1.54) is 11.8 Å². The monoisotopic (exact) mass is 483 g/mol. The van der Waals surface area contributed by atoms with Gasteiger partial charge in [0.25, 0.3) is 5.91 Å². The quantitative estimate of drug-likeness (QED) is 0.550. The van der Waals surface area contributed by atoms with Crippen LogP contribution < -0.4 is 10.1 Å². The number of fused-ring (bicyclic) bond motifs is 1. The van der Waals surface area contributed by atoms with Crippen molar-refractivity contribution in [2.45, 2.75) is 19.9 Å². The molecule has 170 valence electrons. The molecule has 0 aliphatic carbocycles. The van der Waals surface area contributed by atoms with E-state index in [4.69, 9.17) is 21.1 Å². The predicted molar refractivity (Wildman–Crippen MR) is 130 cm³/mol. The second kappa shape index (κ2) is 10.1. The summed E-state index contributed by atoms with van der Waals surface area (Å²) < 4.78 is 11.2. The Labute approximate surface area is 201 Å². The summed E-state index contributed by atoms with van der Waals surface area (Å²) in [6, 6.07) is 13.7. The molecular formula is C24H22ClN3O4S. The van der Waals surface area contributed by atoms with Crippen molar-refractivity contribution in [3.05, 3.63) is 82.0 Å². The Bertz CT molecular complexity index is 1160. The number of para-hydroxylation sites is 1. The van der Waals surface area contributed by atoms with Gasteiger partial charge in [0.2, 0.25) is 0 Å². The van der Waals surface area contributed by atoms with E-state index in [9.17, 15) is 9.59 Å². The number of thioether (sulfide) groups is 1. The third-order valence-electron chi connectivity index (χ3n) is 5.02. The van der Waals surface area contributed by atoms with Gasteiger partial charge in [0.1, 0.15) is 5.75 Å². The summed E-state index contributed by atoms with van der Waals surface area (Å²) >= 11 is 7.37. The maximum atomic E-state index is 12.9. The number of benzene rings is 2. The number of hydrogen-bond acceptors (Lipinski definition) is 7. The number of hydrogen-bond donors (Lipinski definition) is 1. The number of aliphatic imine (C=N–C) groups is 1. The zero-order valence-corrected chi connectivity index (χ0v) is 19.7. The first-order chi connectivity index (χ1) is 16.0. The average molecular weight is 484 g/mol. The maximum Gasteiger partial charge on any atom is 0.338 e. The Morgan fingerprint density at radius 1 is 1.18 bits per heavy atom. The van der Waals surface area contributed by atoms with Crippen molar-refractivity contribution in [2.75, 3.05) is 18.5 Å². The lowest BCUT2D eigenvalue weighted by Gasteiger charge is -2.34. The summed E-state index contributed by atoms with van der Waals surface area (Å²) in [4.78, 5) is 31.8. The van der Waals surface area contributed by atoms with Gasteiger partial charge in [-0.1, -0.05) is 41.6 Å². The molecule has 1 atom stereocenters. The van der Waals surface area contributed by atoms with E-state index in [0.717, 1.165) is 10.7 Å². The van der Waals surface area contributed by atoms with E-state index < -0.39 is 12.0 Å². The number of amides is 1. The number of ether oxygens (including phenoxy) is 2. The average Bonchev–Trinajstić information content (AvgIpc) is 3.27. The summed E-state index contributed by atoms with van der Waals surface area (Å²) in [6.07, 6.45) is 1.88. The van der Waals surface area contributed by atoms with Crippen molar-refractivity contribution >= 4 is 46.1 Å². The van der Waals surface area contributed by atoms with Gasteiger partial charge >= 0.3 is 5.97 Å². The number of allylic oxidation sites excluding steroid dienone is 1. The molecule has 0 bridgehead atoms. The van der Waals surface area contributed by atoms with Gasteiger partial charge in [-0.15, -0.1) is 0 Å². The van der Waals surface area contributed by atoms with Crippen LogP contribution in [0.2, 0.25) is 5.02 Å². The van der Waals surface area contributed by atoms with Crippen LogP contribution in [-0.4, -0.2) is 35.2 Å². The lowest BCUT2D eigenvalue weighted by atomic mass is 9.94. The third-order valence-corrected chi connectivity index (χ3v) is 6.04. The van der Waals surface area contributed by atoms with Gasteiger partial charge in [0, 0.05) is 22.5 Å². The minimum Gasteiger partial charge on any atom is -0.483 e. The van der Waals surface area contributed by atoms with E-state index >= 15 is 0 Å². The lowest BCUT2D eigenvalue weighted by molar-refractivity contribution is -0.139. The molecule has 0 unspecified atom stereocenters. The molecule has 2 aliphatic rings. The van der Waals surface area contributed by atoms with Crippen LogP contribution in [0.25, 0.3) is 0 Å². The number of nitrogens with zero attached hydrogens (tertiary/aromatic N) is 2. The Morgan fingerprint density at radius 3 is 2.70 bits per heavy atom. The van der Waals surface area contributed by atoms with Crippen LogP contribution in [0.4, 0.5) is 5.69 Å². The Balaban J connectivity index is 1.59. The Kier molecular flexibility index (Phi) is 7.05. The summed E-state index contributed by atoms with van der Waals surface area (Å²) in [5.74, 6) is -0.245. The lowest BCUT2D eigenvalue weighted by Crippen LogP contribution is -2.34. The minimum absolute atomic E-state index is 0.199. The molecule has 2 heterocycles. The summed E-state index contributed by atoms with van der Waals surface area (Å²) in [5.41, 5.74) is 2.39. The van der Waals surface area contributed by atoms with Crippen molar-refractivity contribution < 1.29 is 19.1 Å². The van der Waals surface area contributed by atoms with Crippen LogP contribution in [0, 0.1) is 0 Å². The van der Waals surface area contributed by atoms with Crippen LogP contribution in [0.5, 0.6) is 5.75 Å². The van der Waals surface area contributed by atoms with E-state index in [-0.39, 0.29) is 19.1 Å². The van der Waals surface area contributed by atoms with E-state index in [1.807, 2.05) is 34.7 Å². The zero-order chi connectivity index (χ0) is 23.4. The highest BCUT2D eigenvalue weighted by Gasteiger charge is 2.38. The second-order valence-electron chi connectivity index (χ2n) is 7.21. The van der Waals surface area contributed by atoms with E-state index in [0.29, 0.717) is 27.7 Å². The first kappa shape index (κ1) is 22.9. The summed E-state index contributed by atoms with van der Waals surface area (Å²) in [5, 5.41) is 6.04. The third kappa shape index (κ3) is 5.07. The fourth-order valence-corrected chi connectivity index (χ4v) is 4.51. The molecule has 0 saturated heterocycles. The first-order valence-corrected chi connectivity index (χ1v) is 11.6. The smallest absolute Gasteiger partial charge is 0.338 e. The number of amidine groups is 1. The fourth-order valence-electron chi connectivity index (χ4n) is 3.59. The molecule has 1 N–H and O–H groups in total. The highest BCUT2D eigenvalue weighted by Crippen LogP contribution is 2.43. The molecule has 0 spiro atoms. The molecule has 4 rings (SSSR count). The van der Waals surface area contributed by atoms with Crippen LogP contribution in [0.3, 0.4) is 0 Å². The molecule has 0 radical (unpaired) electrons. The van der Waals surface area contributed by atoms with E-state index in [1.54, 1.807) is 44.2 Å². The number of carbonyl (C=O) groups is 2. The van der Waals surface area contributed by atoms with Gasteiger partial charge in [-0.25, -0.2) is 9.79 Å². The van der Waals surface area contributed by atoms with Gasteiger partial charge in [0.05, 0.1) is 23.9 Å². The molecule has 2 aliphatic heterocycles. The standard InChI is InChI=1S/C24H22ClN3O4S/c1-3-31-23(30)21-15(2)26-24-28(12-13-33-24)22(21)18-6-4-5-7-19(18)32-14-20(29)27-17-10-8-16(25)9-11-17/h4-13,22H,3,14H2,1-2H3,(H,27,29)/t22-/m1/s1. The molecule has 0 aromatic heterocycles. The number of rotatable bonds is 7. The van der Waals surface area contributed by atoms with Crippen molar-refractivity contribution in [1.82, 2.24) is 4.90 Å². The summed E-state index contributed by atoms with van der Waals surface area (Å²) in [7, 11) is 0. The van der Waals surface area contributed by atoms with Crippen molar-refractivity contribution in [1.29, 1.82) is 0 Å². The molecular weight excluding hydrogens is 462 g/mol. The van der Waals surface area contributed by atoms with Gasteiger partial charge in [-0.05, 0) is 49.6 Å². The number of halogens is 1. The van der Waals surface area contributed by atoms with Crippen molar-refractivity contribution in [2.24, 2.45) is 4.99 Å². The van der Waals surface area contributed by atoms with E-state index in [2.05, 4.69) is 10.3 Å². The summed E-state index contributed by atoms with van der Waals surface area (Å²) in [6.45, 7) is 3.62. The normalized spacial score (nSPS) is 16.9. The predicted octanol–water partition coefficient (Wildman–Crippen LogP) is 5.13. The molecule has 33 heavy (non-hydrogen) atoms. The van der Waals surface area contributed by atoms with Gasteiger partial charge < -0.3 is 19.7 Å². The number of nitrogens with one attached hydrogen (secondary N) is 1. The maximum absolute atomic E-state index is 12.9.